The van der Waals surface area contributed by atoms with Gasteiger partial charge in [0, 0.05) is 6.54 Å². The maximum atomic E-state index is 12.6. The van der Waals surface area contributed by atoms with E-state index < -0.39 is 0 Å². The van der Waals surface area contributed by atoms with E-state index in [1.807, 2.05) is 6.08 Å². The topological polar surface area (TPSA) is 85.8 Å². The van der Waals surface area contributed by atoms with Gasteiger partial charge in [-0.05, 0) is 28.6 Å². The van der Waals surface area contributed by atoms with Gasteiger partial charge < -0.3 is 9.73 Å². The van der Waals surface area contributed by atoms with Crippen LogP contribution in [0.2, 0.25) is 5.02 Å². The summed E-state index contributed by atoms with van der Waals surface area (Å²) >= 11 is 6.23. The van der Waals surface area contributed by atoms with Crippen LogP contribution in [-0.2, 0) is 0 Å². The van der Waals surface area contributed by atoms with Gasteiger partial charge in [-0.3, -0.25) is 4.79 Å². The Balaban J connectivity index is 2.07. The summed E-state index contributed by atoms with van der Waals surface area (Å²) in [6.45, 7) is 0.613. The second-order valence-corrected chi connectivity index (χ2v) is 4.92. The molecule has 3 heterocycles. The van der Waals surface area contributed by atoms with E-state index in [1.165, 1.54) is 11.0 Å². The standard InChI is InChI=1S/C13H8ClN5O2/c14-10-5-7(19-6-16-17-18-19)4-9-11(20)8-2-1-3-15-13(8)21-12(9)10/h1-2,4-6,15H,3H2. The third-order valence-corrected chi connectivity index (χ3v) is 3.53. The monoisotopic (exact) mass is 301 g/mol. The summed E-state index contributed by atoms with van der Waals surface area (Å²) in [5, 5.41) is 14.7. The summed E-state index contributed by atoms with van der Waals surface area (Å²) in [6, 6.07) is 3.31. The van der Waals surface area contributed by atoms with Crippen LogP contribution in [0.4, 0.5) is 5.88 Å². The number of anilines is 1. The van der Waals surface area contributed by atoms with E-state index in [2.05, 4.69) is 20.8 Å². The molecule has 0 fully saturated rings. The van der Waals surface area contributed by atoms with Gasteiger partial charge in [0.05, 0.1) is 21.7 Å². The molecule has 0 spiro atoms. The highest BCUT2D eigenvalue weighted by molar-refractivity contribution is 6.35. The SMILES string of the molecule is O=c1c2c(oc3c(Cl)cc(-n4cnnn4)cc13)NCC=C2. The minimum Gasteiger partial charge on any atom is -0.438 e. The highest BCUT2D eigenvalue weighted by Gasteiger charge is 2.17. The van der Waals surface area contributed by atoms with Crippen molar-refractivity contribution in [2.45, 2.75) is 0 Å². The molecular formula is C13H8ClN5O2. The Morgan fingerprint density at radius 1 is 1.38 bits per heavy atom. The second kappa shape index (κ2) is 4.42. The zero-order valence-corrected chi connectivity index (χ0v) is 11.3. The van der Waals surface area contributed by atoms with Gasteiger partial charge in [0.1, 0.15) is 6.33 Å². The molecule has 3 aromatic rings. The largest absolute Gasteiger partial charge is 0.438 e. The summed E-state index contributed by atoms with van der Waals surface area (Å²) in [4.78, 5) is 12.6. The number of benzene rings is 1. The van der Waals surface area contributed by atoms with Crippen LogP contribution in [0.3, 0.4) is 0 Å². The third kappa shape index (κ3) is 1.82. The van der Waals surface area contributed by atoms with Gasteiger partial charge in [-0.1, -0.05) is 17.7 Å². The predicted octanol–water partition coefficient (Wildman–Crippen LogP) is 1.86. The fourth-order valence-electron chi connectivity index (χ4n) is 2.28. The van der Waals surface area contributed by atoms with E-state index in [-0.39, 0.29) is 5.43 Å². The normalized spacial score (nSPS) is 13.2. The van der Waals surface area contributed by atoms with E-state index in [0.717, 1.165) is 0 Å². The molecule has 4 rings (SSSR count). The minimum absolute atomic E-state index is 0.147. The van der Waals surface area contributed by atoms with Crippen LogP contribution in [0.1, 0.15) is 5.56 Å². The van der Waals surface area contributed by atoms with Gasteiger partial charge in [-0.2, -0.15) is 0 Å². The predicted molar refractivity (Wildman–Crippen MR) is 77.7 cm³/mol. The van der Waals surface area contributed by atoms with Gasteiger partial charge in [0.15, 0.2) is 5.58 Å². The lowest BCUT2D eigenvalue weighted by atomic mass is 10.1. The van der Waals surface area contributed by atoms with E-state index in [9.17, 15) is 4.79 Å². The van der Waals surface area contributed by atoms with Gasteiger partial charge in [-0.25, -0.2) is 4.68 Å². The molecule has 104 valence electrons. The molecule has 1 aliphatic heterocycles. The van der Waals surface area contributed by atoms with Gasteiger partial charge in [-0.15, -0.1) is 5.10 Å². The number of halogens is 1. The smallest absolute Gasteiger partial charge is 0.205 e. The zero-order valence-electron chi connectivity index (χ0n) is 10.6. The fraction of sp³-hybridized carbons (Fsp3) is 0.0769. The average Bonchev–Trinajstić information content (AvgIpc) is 3.03. The fourth-order valence-corrected chi connectivity index (χ4v) is 2.53. The van der Waals surface area contributed by atoms with Crippen molar-refractivity contribution >= 4 is 34.5 Å². The van der Waals surface area contributed by atoms with Gasteiger partial charge in [0.25, 0.3) is 0 Å². The maximum absolute atomic E-state index is 12.6. The third-order valence-electron chi connectivity index (χ3n) is 3.24. The second-order valence-electron chi connectivity index (χ2n) is 4.52. The molecule has 8 heteroatoms. The molecule has 0 unspecified atom stereocenters. The zero-order chi connectivity index (χ0) is 14.4. The first-order valence-corrected chi connectivity index (χ1v) is 6.56. The van der Waals surface area contributed by atoms with Crippen molar-refractivity contribution in [1.82, 2.24) is 20.2 Å². The Labute approximate surface area is 122 Å². The lowest BCUT2D eigenvalue weighted by Crippen LogP contribution is -2.14. The molecule has 0 atom stereocenters. The molecular weight excluding hydrogens is 294 g/mol. The number of hydrogen-bond donors (Lipinski definition) is 1. The van der Waals surface area contributed by atoms with Crippen molar-refractivity contribution in [3.05, 3.63) is 45.3 Å². The molecule has 7 nitrogen and oxygen atoms in total. The van der Waals surface area contributed by atoms with Crippen LogP contribution in [0, 0.1) is 0 Å². The molecule has 0 amide bonds. The Morgan fingerprint density at radius 3 is 3.10 bits per heavy atom. The van der Waals surface area contributed by atoms with Crippen molar-refractivity contribution in [2.75, 3.05) is 11.9 Å². The van der Waals surface area contributed by atoms with Crippen molar-refractivity contribution in [3.63, 3.8) is 0 Å². The van der Waals surface area contributed by atoms with E-state index in [4.69, 9.17) is 16.0 Å². The summed E-state index contributed by atoms with van der Waals surface area (Å²) in [6.07, 6.45) is 5.03. The van der Waals surface area contributed by atoms with Crippen LogP contribution in [0.25, 0.3) is 22.7 Å². The van der Waals surface area contributed by atoms with Crippen molar-refractivity contribution in [2.24, 2.45) is 0 Å². The lowest BCUT2D eigenvalue weighted by Gasteiger charge is -2.13. The quantitative estimate of drug-likeness (QED) is 0.738. The number of rotatable bonds is 1. The molecule has 1 aliphatic rings. The molecule has 0 saturated carbocycles. The Morgan fingerprint density at radius 2 is 2.29 bits per heavy atom. The molecule has 0 aliphatic carbocycles. The van der Waals surface area contributed by atoms with Crippen LogP contribution in [-0.4, -0.2) is 26.8 Å². The first kappa shape index (κ1) is 12.1. The Bertz CT molecular complexity index is 930. The van der Waals surface area contributed by atoms with Crippen LogP contribution in [0.15, 0.2) is 33.7 Å². The number of fused-ring (bicyclic) bond motifs is 2. The summed E-state index contributed by atoms with van der Waals surface area (Å²) in [5.74, 6) is 0.437. The van der Waals surface area contributed by atoms with Crippen LogP contribution >= 0.6 is 11.6 Å². The number of nitrogens with zero attached hydrogens (tertiary/aromatic N) is 4. The Kier molecular flexibility index (Phi) is 2.55. The first-order valence-electron chi connectivity index (χ1n) is 6.18. The average molecular weight is 302 g/mol. The van der Waals surface area contributed by atoms with Gasteiger partial charge >= 0.3 is 0 Å². The van der Waals surface area contributed by atoms with Gasteiger partial charge in [0.2, 0.25) is 11.3 Å². The van der Waals surface area contributed by atoms with Crippen molar-refractivity contribution in [3.8, 4) is 5.69 Å². The molecule has 21 heavy (non-hydrogen) atoms. The van der Waals surface area contributed by atoms with Crippen molar-refractivity contribution in [1.29, 1.82) is 0 Å². The van der Waals surface area contributed by atoms with Crippen LogP contribution < -0.4 is 10.7 Å². The minimum atomic E-state index is -0.147. The highest BCUT2D eigenvalue weighted by Crippen LogP contribution is 2.30. The van der Waals surface area contributed by atoms with E-state index in [1.54, 1.807) is 18.2 Å². The Hall–Kier alpha value is -2.67. The number of hydrogen-bond acceptors (Lipinski definition) is 6. The van der Waals surface area contributed by atoms with E-state index >= 15 is 0 Å². The maximum Gasteiger partial charge on any atom is 0.205 e. The van der Waals surface area contributed by atoms with E-state index in [0.29, 0.717) is 39.7 Å². The highest BCUT2D eigenvalue weighted by atomic mass is 35.5. The summed E-state index contributed by atoms with van der Waals surface area (Å²) < 4.78 is 7.14. The van der Waals surface area contributed by atoms with Crippen molar-refractivity contribution < 1.29 is 4.42 Å². The molecule has 0 saturated heterocycles. The molecule has 0 radical (unpaired) electrons. The number of aromatic nitrogens is 4. The lowest BCUT2D eigenvalue weighted by molar-refractivity contribution is 0.614. The molecule has 2 aromatic heterocycles. The molecule has 0 bridgehead atoms. The summed E-state index contributed by atoms with van der Waals surface area (Å²) in [7, 11) is 0. The first-order chi connectivity index (χ1) is 10.2. The number of tetrazole rings is 1. The molecule has 1 aromatic carbocycles. The number of nitrogens with one attached hydrogen (secondary N) is 1. The summed E-state index contributed by atoms with van der Waals surface area (Å²) in [5.41, 5.74) is 1.28. The van der Waals surface area contributed by atoms with Crippen LogP contribution in [0.5, 0.6) is 0 Å². The molecule has 1 N–H and O–H groups in total.